The number of methoxy groups -OCH3 is 1. The van der Waals surface area contributed by atoms with Crippen LogP contribution in [0.4, 0.5) is 0 Å². The van der Waals surface area contributed by atoms with E-state index in [0.29, 0.717) is 11.1 Å². The van der Waals surface area contributed by atoms with Crippen molar-refractivity contribution in [2.24, 2.45) is 0 Å². The molecule has 0 unspecified atom stereocenters. The number of benzene rings is 1. The van der Waals surface area contributed by atoms with Gasteiger partial charge in [0.1, 0.15) is 0 Å². The number of rotatable bonds is 2. The molecule has 0 aliphatic heterocycles. The van der Waals surface area contributed by atoms with Gasteiger partial charge in [-0.2, -0.15) is 0 Å². The van der Waals surface area contributed by atoms with Crippen LogP contribution < -0.4 is 4.74 Å². The van der Waals surface area contributed by atoms with Crippen LogP contribution in [0.25, 0.3) is 0 Å². The van der Waals surface area contributed by atoms with Crippen LogP contribution >= 0.6 is 31.9 Å². The smallest absolute Gasteiger partial charge is 0.161 e. The number of alkyl halides is 1. The Morgan fingerprint density at radius 2 is 2.17 bits per heavy atom. The third kappa shape index (κ3) is 1.93. The van der Waals surface area contributed by atoms with Crippen molar-refractivity contribution in [1.82, 2.24) is 0 Å². The van der Waals surface area contributed by atoms with E-state index in [0.717, 1.165) is 10.0 Å². The van der Waals surface area contributed by atoms with Crippen molar-refractivity contribution in [1.29, 1.82) is 0 Å². The monoisotopic (exact) mass is 294 g/mol. The second-order valence-corrected chi connectivity index (χ2v) is 3.66. The molecular formula is C8H8Br2O2. The van der Waals surface area contributed by atoms with E-state index in [1.165, 1.54) is 7.11 Å². The Morgan fingerprint density at radius 1 is 1.50 bits per heavy atom. The SMILES string of the molecule is COc1cc(Br)c(CBr)cc1O. The maximum Gasteiger partial charge on any atom is 0.161 e. The Kier molecular flexibility index (Phi) is 3.40. The van der Waals surface area contributed by atoms with E-state index >= 15 is 0 Å². The number of hydrogen-bond acceptors (Lipinski definition) is 2. The van der Waals surface area contributed by atoms with Crippen molar-refractivity contribution in [3.05, 3.63) is 22.2 Å². The molecule has 1 aromatic rings. The lowest BCUT2D eigenvalue weighted by molar-refractivity contribution is 0.373. The van der Waals surface area contributed by atoms with E-state index in [9.17, 15) is 5.11 Å². The zero-order valence-electron chi connectivity index (χ0n) is 6.47. The Morgan fingerprint density at radius 3 is 2.67 bits per heavy atom. The summed E-state index contributed by atoms with van der Waals surface area (Å²) in [6.07, 6.45) is 0. The highest BCUT2D eigenvalue weighted by atomic mass is 79.9. The summed E-state index contributed by atoms with van der Waals surface area (Å²) in [5.74, 6) is 0.640. The summed E-state index contributed by atoms with van der Waals surface area (Å²) in [6.45, 7) is 0. The average molecular weight is 296 g/mol. The molecule has 0 atom stereocenters. The first kappa shape index (κ1) is 9.86. The largest absolute Gasteiger partial charge is 0.504 e. The molecule has 0 amide bonds. The number of ether oxygens (including phenoxy) is 1. The molecule has 2 nitrogen and oxygen atoms in total. The van der Waals surface area contributed by atoms with E-state index in [2.05, 4.69) is 31.9 Å². The summed E-state index contributed by atoms with van der Waals surface area (Å²) in [6, 6.07) is 3.41. The fourth-order valence-electron chi connectivity index (χ4n) is 0.853. The summed E-state index contributed by atoms with van der Waals surface area (Å²) < 4.78 is 5.86. The maximum absolute atomic E-state index is 9.38. The zero-order valence-corrected chi connectivity index (χ0v) is 9.65. The van der Waals surface area contributed by atoms with Crippen molar-refractivity contribution in [2.75, 3.05) is 7.11 Å². The van der Waals surface area contributed by atoms with Gasteiger partial charge in [-0.25, -0.2) is 0 Å². The van der Waals surface area contributed by atoms with Crippen LogP contribution in [0.3, 0.4) is 0 Å². The molecule has 12 heavy (non-hydrogen) atoms. The molecule has 0 heterocycles. The lowest BCUT2D eigenvalue weighted by Crippen LogP contribution is -1.86. The lowest BCUT2D eigenvalue weighted by atomic mass is 10.2. The van der Waals surface area contributed by atoms with Gasteiger partial charge in [-0.15, -0.1) is 0 Å². The third-order valence-electron chi connectivity index (χ3n) is 1.49. The molecule has 0 aliphatic rings. The van der Waals surface area contributed by atoms with Crippen LogP contribution in [0.1, 0.15) is 5.56 Å². The summed E-state index contributed by atoms with van der Waals surface area (Å²) in [7, 11) is 1.52. The van der Waals surface area contributed by atoms with Crippen LogP contribution in [0.15, 0.2) is 16.6 Å². The first-order valence-corrected chi connectivity index (χ1v) is 5.21. The second-order valence-electron chi connectivity index (χ2n) is 2.25. The molecule has 1 N–H and O–H groups in total. The molecule has 0 bridgehead atoms. The van der Waals surface area contributed by atoms with Gasteiger partial charge in [0.2, 0.25) is 0 Å². The van der Waals surface area contributed by atoms with Crippen molar-refractivity contribution in [3.63, 3.8) is 0 Å². The molecule has 4 heteroatoms. The maximum atomic E-state index is 9.38. The van der Waals surface area contributed by atoms with Gasteiger partial charge >= 0.3 is 0 Å². The van der Waals surface area contributed by atoms with Crippen LogP contribution in [-0.2, 0) is 5.33 Å². The van der Waals surface area contributed by atoms with E-state index in [1.807, 2.05) is 0 Å². The number of aromatic hydroxyl groups is 1. The van der Waals surface area contributed by atoms with E-state index in [4.69, 9.17) is 4.74 Å². The molecule has 0 radical (unpaired) electrons. The van der Waals surface area contributed by atoms with Crippen molar-refractivity contribution in [3.8, 4) is 11.5 Å². The second kappa shape index (κ2) is 4.14. The summed E-state index contributed by atoms with van der Waals surface area (Å²) >= 11 is 6.67. The van der Waals surface area contributed by atoms with Crippen LogP contribution in [0, 0.1) is 0 Å². The predicted molar refractivity (Wildman–Crippen MR) is 55.0 cm³/mol. The van der Waals surface area contributed by atoms with Gasteiger partial charge in [-0.05, 0) is 17.7 Å². The first-order chi connectivity index (χ1) is 5.69. The molecule has 0 fully saturated rings. The minimum Gasteiger partial charge on any atom is -0.504 e. The zero-order chi connectivity index (χ0) is 9.14. The van der Waals surface area contributed by atoms with Crippen LogP contribution in [0.5, 0.6) is 11.5 Å². The fraction of sp³-hybridized carbons (Fsp3) is 0.250. The highest BCUT2D eigenvalue weighted by Gasteiger charge is 2.06. The lowest BCUT2D eigenvalue weighted by Gasteiger charge is -2.06. The molecule has 0 spiro atoms. The van der Waals surface area contributed by atoms with Gasteiger partial charge in [-0.3, -0.25) is 0 Å². The number of phenols is 1. The molecule has 0 saturated carbocycles. The normalized spacial score (nSPS) is 9.92. The van der Waals surface area contributed by atoms with Gasteiger partial charge in [0, 0.05) is 9.80 Å². The van der Waals surface area contributed by atoms with Crippen LogP contribution in [0.2, 0.25) is 0 Å². The van der Waals surface area contributed by atoms with Gasteiger partial charge < -0.3 is 9.84 Å². The first-order valence-electron chi connectivity index (χ1n) is 3.30. The van der Waals surface area contributed by atoms with E-state index in [1.54, 1.807) is 12.1 Å². The molecule has 66 valence electrons. The predicted octanol–water partition coefficient (Wildman–Crippen LogP) is 3.06. The minimum atomic E-state index is 0.162. The summed E-state index contributed by atoms with van der Waals surface area (Å²) in [4.78, 5) is 0. The minimum absolute atomic E-state index is 0.162. The van der Waals surface area contributed by atoms with Gasteiger partial charge in [-0.1, -0.05) is 31.9 Å². The third-order valence-corrected chi connectivity index (χ3v) is 2.83. The Bertz CT molecular complexity index is 257. The molecule has 0 aromatic heterocycles. The quantitative estimate of drug-likeness (QED) is 0.850. The standard InChI is InChI=1S/C8H8Br2O2/c1-12-8-3-6(10)5(4-9)2-7(8)11/h2-3,11H,4H2,1H3. The van der Waals surface area contributed by atoms with Crippen molar-refractivity contribution < 1.29 is 9.84 Å². The Balaban J connectivity index is 3.16. The Hall–Kier alpha value is -0.220. The molecule has 1 aromatic carbocycles. The highest BCUT2D eigenvalue weighted by molar-refractivity contribution is 9.10. The molecule has 0 saturated heterocycles. The molecule has 1 rings (SSSR count). The average Bonchev–Trinajstić information content (AvgIpc) is 2.08. The van der Waals surface area contributed by atoms with Gasteiger partial charge in [0.05, 0.1) is 7.11 Å². The number of halogens is 2. The molecule has 0 aliphatic carbocycles. The van der Waals surface area contributed by atoms with Crippen molar-refractivity contribution >= 4 is 31.9 Å². The van der Waals surface area contributed by atoms with Crippen molar-refractivity contribution in [2.45, 2.75) is 5.33 Å². The number of phenolic OH excluding ortho intramolecular Hbond substituents is 1. The number of hydrogen-bond donors (Lipinski definition) is 1. The van der Waals surface area contributed by atoms with E-state index < -0.39 is 0 Å². The Labute approximate surface area is 87.8 Å². The fourth-order valence-corrected chi connectivity index (χ4v) is 2.16. The summed E-state index contributed by atoms with van der Waals surface area (Å²) in [5.41, 5.74) is 0.994. The van der Waals surface area contributed by atoms with Crippen LogP contribution in [-0.4, -0.2) is 12.2 Å². The highest BCUT2D eigenvalue weighted by Crippen LogP contribution is 2.33. The topological polar surface area (TPSA) is 29.5 Å². The summed E-state index contributed by atoms with van der Waals surface area (Å²) in [5, 5.41) is 10.1. The van der Waals surface area contributed by atoms with Gasteiger partial charge in [0.25, 0.3) is 0 Å². The van der Waals surface area contributed by atoms with Gasteiger partial charge in [0.15, 0.2) is 11.5 Å². The molecular weight excluding hydrogens is 288 g/mol. The van der Waals surface area contributed by atoms with E-state index in [-0.39, 0.29) is 5.75 Å².